The quantitative estimate of drug-likeness (QED) is 0.706. The summed E-state index contributed by atoms with van der Waals surface area (Å²) in [5.41, 5.74) is -0.0209. The zero-order valence-corrected chi connectivity index (χ0v) is 10.6. The van der Waals surface area contributed by atoms with Crippen molar-refractivity contribution in [1.82, 2.24) is 4.98 Å². The number of hydrogen-bond acceptors (Lipinski definition) is 1. The van der Waals surface area contributed by atoms with Crippen LogP contribution < -0.4 is 10.7 Å². The van der Waals surface area contributed by atoms with Gasteiger partial charge in [0.25, 0.3) is 0 Å². The second kappa shape index (κ2) is 3.39. The lowest BCUT2D eigenvalue weighted by atomic mass is 10.2. The van der Waals surface area contributed by atoms with Crippen molar-refractivity contribution in [2.45, 2.75) is 38.9 Å². The van der Waals surface area contributed by atoms with Crippen LogP contribution in [0, 0.1) is 0 Å². The molecule has 14 heavy (non-hydrogen) atoms. The maximum absolute atomic E-state index is 11.0. The Kier molecular flexibility index (Phi) is 2.72. The molecule has 0 unspecified atom stereocenters. The van der Waals surface area contributed by atoms with Crippen molar-refractivity contribution >= 4 is 13.3 Å². The number of H-pyrrole nitrogens is 1. The molecule has 2 nitrogen and oxygen atoms in total. The summed E-state index contributed by atoms with van der Waals surface area (Å²) in [6, 6.07) is 3.59. The van der Waals surface area contributed by atoms with Gasteiger partial charge in [-0.2, -0.15) is 0 Å². The van der Waals surface area contributed by atoms with Gasteiger partial charge in [0.1, 0.15) is 0 Å². The third-order valence-electron chi connectivity index (χ3n) is 3.38. The molecule has 0 saturated heterocycles. The largest absolute Gasteiger partial charge is 0.329 e. The highest BCUT2D eigenvalue weighted by molar-refractivity contribution is 6.92. The summed E-state index contributed by atoms with van der Waals surface area (Å²) in [6.45, 7) is 11.5. The first-order valence-electron chi connectivity index (χ1n) is 4.94. The highest BCUT2D eigenvalue weighted by atomic mass is 28.3. The molecule has 1 rings (SSSR count). The van der Waals surface area contributed by atoms with Crippen LogP contribution in [0.3, 0.4) is 0 Å². The van der Waals surface area contributed by atoms with Crippen LogP contribution >= 0.6 is 0 Å². The fourth-order valence-electron chi connectivity index (χ4n) is 1.23. The van der Waals surface area contributed by atoms with E-state index in [4.69, 9.17) is 0 Å². The van der Waals surface area contributed by atoms with Crippen molar-refractivity contribution in [2.75, 3.05) is 0 Å². The van der Waals surface area contributed by atoms with Gasteiger partial charge in [-0.1, -0.05) is 39.9 Å². The number of hydrogen-bond donors (Lipinski definition) is 1. The highest BCUT2D eigenvalue weighted by Gasteiger charge is 2.36. The molecule has 3 heteroatoms. The molecule has 1 heterocycles. The van der Waals surface area contributed by atoms with Crippen molar-refractivity contribution in [3.8, 4) is 0 Å². The summed E-state index contributed by atoms with van der Waals surface area (Å²) in [4.78, 5) is 13.7. The van der Waals surface area contributed by atoms with Gasteiger partial charge in [0.05, 0.1) is 8.07 Å². The predicted octanol–water partition coefficient (Wildman–Crippen LogP) is 2.09. The molecule has 0 spiro atoms. The minimum atomic E-state index is -1.47. The lowest BCUT2D eigenvalue weighted by Crippen LogP contribution is -2.49. The zero-order valence-electron chi connectivity index (χ0n) is 9.64. The van der Waals surface area contributed by atoms with Crippen molar-refractivity contribution in [1.29, 1.82) is 0 Å². The van der Waals surface area contributed by atoms with Crippen molar-refractivity contribution < 1.29 is 0 Å². The summed E-state index contributed by atoms with van der Waals surface area (Å²) in [5.74, 6) is 0. The zero-order chi connectivity index (χ0) is 11.0. The summed E-state index contributed by atoms with van der Waals surface area (Å²) in [5, 5.41) is 1.62. The lowest BCUT2D eigenvalue weighted by Gasteiger charge is -2.37. The van der Waals surface area contributed by atoms with E-state index in [1.165, 1.54) is 5.19 Å². The minimum Gasteiger partial charge on any atom is -0.329 e. The number of nitrogens with one attached hydrogen (secondary N) is 1. The van der Waals surface area contributed by atoms with Gasteiger partial charge in [0, 0.05) is 12.3 Å². The Balaban J connectivity index is 3.17. The average molecular weight is 209 g/mol. The first-order chi connectivity index (χ1) is 6.25. The number of aromatic amines is 1. The molecule has 0 atom stereocenters. The normalized spacial score (nSPS) is 12.9. The first kappa shape index (κ1) is 11.2. The van der Waals surface area contributed by atoms with Crippen molar-refractivity contribution in [3.05, 3.63) is 28.7 Å². The Morgan fingerprint density at radius 1 is 1.21 bits per heavy atom. The Hall–Kier alpha value is -0.833. The Morgan fingerprint density at radius 3 is 2.14 bits per heavy atom. The molecule has 0 bridgehead atoms. The molecule has 1 aromatic heterocycles. The van der Waals surface area contributed by atoms with E-state index >= 15 is 0 Å². The molecule has 0 fully saturated rings. The van der Waals surface area contributed by atoms with Gasteiger partial charge in [-0.15, -0.1) is 0 Å². The monoisotopic (exact) mass is 209 g/mol. The highest BCUT2D eigenvalue weighted by Crippen LogP contribution is 2.35. The van der Waals surface area contributed by atoms with Crippen LogP contribution in [-0.4, -0.2) is 13.1 Å². The first-order valence-corrected chi connectivity index (χ1v) is 7.94. The Bertz CT molecular complexity index is 353. The molecule has 1 aromatic rings. The van der Waals surface area contributed by atoms with Gasteiger partial charge in [0.15, 0.2) is 0 Å². The smallest absolute Gasteiger partial charge is 0.247 e. The summed E-state index contributed by atoms with van der Waals surface area (Å²) < 4.78 is 0. The predicted molar refractivity (Wildman–Crippen MR) is 63.9 cm³/mol. The van der Waals surface area contributed by atoms with Crippen LogP contribution in [0.2, 0.25) is 18.1 Å². The van der Waals surface area contributed by atoms with E-state index < -0.39 is 8.07 Å². The van der Waals surface area contributed by atoms with Crippen LogP contribution in [-0.2, 0) is 0 Å². The molecule has 0 aliphatic carbocycles. The maximum atomic E-state index is 11.0. The average Bonchev–Trinajstić information content (AvgIpc) is 2.03. The summed E-state index contributed by atoms with van der Waals surface area (Å²) >= 11 is 0. The van der Waals surface area contributed by atoms with E-state index in [1.807, 2.05) is 12.3 Å². The summed E-state index contributed by atoms with van der Waals surface area (Å²) in [7, 11) is -1.47. The molecule has 78 valence electrons. The fourth-order valence-corrected chi connectivity index (χ4v) is 3.03. The van der Waals surface area contributed by atoms with Gasteiger partial charge in [-0.25, -0.2) is 0 Å². The second-order valence-corrected chi connectivity index (χ2v) is 10.6. The summed E-state index contributed by atoms with van der Waals surface area (Å²) in [6.07, 6.45) is 1.87. The minimum absolute atomic E-state index is 0.0209. The van der Waals surface area contributed by atoms with E-state index in [0.29, 0.717) is 5.04 Å². The third kappa shape index (κ3) is 1.98. The molecule has 0 aliphatic rings. The van der Waals surface area contributed by atoms with E-state index in [9.17, 15) is 4.79 Å². The molecular formula is C11H19NOSi. The van der Waals surface area contributed by atoms with E-state index in [-0.39, 0.29) is 5.56 Å². The topological polar surface area (TPSA) is 32.9 Å². The van der Waals surface area contributed by atoms with Gasteiger partial charge < -0.3 is 4.98 Å². The Labute approximate surface area is 86.4 Å². The number of rotatable bonds is 1. The molecule has 0 amide bonds. The van der Waals surface area contributed by atoms with Gasteiger partial charge in [0.2, 0.25) is 5.56 Å². The van der Waals surface area contributed by atoms with Crippen LogP contribution in [0.1, 0.15) is 20.8 Å². The SMILES string of the molecule is CC(C)(C)[Si](C)(C)c1ccc(=O)[nH]c1. The van der Waals surface area contributed by atoms with Crippen molar-refractivity contribution in [2.24, 2.45) is 0 Å². The third-order valence-corrected chi connectivity index (χ3v) is 8.89. The number of aromatic nitrogens is 1. The molecule has 0 saturated carbocycles. The van der Waals surface area contributed by atoms with E-state index in [0.717, 1.165) is 0 Å². The van der Waals surface area contributed by atoms with Crippen LogP contribution in [0.4, 0.5) is 0 Å². The standard InChI is InChI=1S/C11H19NOSi/c1-11(2,3)14(4,5)9-6-7-10(13)12-8-9/h6-8H,1-5H3,(H,12,13). The lowest BCUT2D eigenvalue weighted by molar-refractivity contribution is 0.729. The number of pyridine rings is 1. The molecule has 1 N–H and O–H groups in total. The Morgan fingerprint density at radius 2 is 1.79 bits per heavy atom. The van der Waals surface area contributed by atoms with Gasteiger partial charge in [-0.05, 0) is 10.2 Å². The van der Waals surface area contributed by atoms with Gasteiger partial charge in [-0.3, -0.25) is 4.79 Å². The molecule has 0 aromatic carbocycles. The van der Waals surface area contributed by atoms with Crippen LogP contribution in [0.15, 0.2) is 23.1 Å². The van der Waals surface area contributed by atoms with E-state index in [1.54, 1.807) is 6.07 Å². The van der Waals surface area contributed by atoms with Crippen molar-refractivity contribution in [3.63, 3.8) is 0 Å². The van der Waals surface area contributed by atoms with Crippen LogP contribution in [0.25, 0.3) is 0 Å². The molecule has 0 radical (unpaired) electrons. The fraction of sp³-hybridized carbons (Fsp3) is 0.545. The van der Waals surface area contributed by atoms with E-state index in [2.05, 4.69) is 38.8 Å². The van der Waals surface area contributed by atoms with Crippen LogP contribution in [0.5, 0.6) is 0 Å². The van der Waals surface area contributed by atoms with Gasteiger partial charge >= 0.3 is 0 Å². The molecular weight excluding hydrogens is 190 g/mol. The maximum Gasteiger partial charge on any atom is 0.247 e. The molecule has 0 aliphatic heterocycles. The second-order valence-electron chi connectivity index (χ2n) is 5.32.